The Hall–Kier alpha value is -4.02. The number of hydrogen-bond acceptors (Lipinski definition) is 6. The molecule has 6 rings (SSSR count). The Bertz CT molecular complexity index is 1460. The van der Waals surface area contributed by atoms with Crippen LogP contribution in [0.3, 0.4) is 0 Å². The van der Waals surface area contributed by atoms with Crippen molar-refractivity contribution in [3.63, 3.8) is 0 Å². The summed E-state index contributed by atoms with van der Waals surface area (Å²) in [5, 5.41) is 13.7. The van der Waals surface area contributed by atoms with E-state index in [1.165, 1.54) is 10.7 Å². The molecule has 3 aliphatic carbocycles. The fraction of sp³-hybridized carbons (Fsp3) is 0.500. The molecule has 3 aliphatic rings. The fourth-order valence-electron chi connectivity index (χ4n) is 6.43. The van der Waals surface area contributed by atoms with Crippen LogP contribution in [-0.2, 0) is 34.0 Å². The van der Waals surface area contributed by atoms with Gasteiger partial charge in [-0.05, 0) is 49.7 Å². The lowest BCUT2D eigenvalue weighted by atomic mass is 9.92. The van der Waals surface area contributed by atoms with Crippen LogP contribution in [0.1, 0.15) is 96.3 Å². The van der Waals surface area contributed by atoms with Crippen molar-refractivity contribution in [1.29, 1.82) is 0 Å². The minimum absolute atomic E-state index is 0.0997. The summed E-state index contributed by atoms with van der Waals surface area (Å²) in [5.74, 6) is -0.972. The van der Waals surface area contributed by atoms with Crippen LogP contribution in [0.25, 0.3) is 0 Å². The molecule has 4 atom stereocenters. The molecule has 0 radical (unpaired) electrons. The van der Waals surface area contributed by atoms with Gasteiger partial charge < -0.3 is 25.4 Å². The molecule has 244 valence electrons. The molecule has 0 spiro atoms. The van der Waals surface area contributed by atoms with E-state index in [2.05, 4.69) is 21.0 Å². The molecule has 1 heterocycles. The average molecular weight is 628 g/mol. The highest BCUT2D eigenvalue weighted by molar-refractivity contribution is 5.98. The van der Waals surface area contributed by atoms with Crippen molar-refractivity contribution in [3.8, 4) is 0 Å². The topological polar surface area (TPSA) is 124 Å². The number of carbonyl (C=O) groups is 3. The molecule has 2 aromatic carbocycles. The molecular formula is C36H45N5O5. The summed E-state index contributed by atoms with van der Waals surface area (Å²) in [6.07, 6.45) is 9.04. The van der Waals surface area contributed by atoms with Gasteiger partial charge in [0.2, 0.25) is 5.91 Å². The number of nitrogens with one attached hydrogen (secondary N) is 3. The summed E-state index contributed by atoms with van der Waals surface area (Å²) in [6.45, 7) is 0.775. The lowest BCUT2D eigenvalue weighted by Gasteiger charge is -2.32. The van der Waals surface area contributed by atoms with Gasteiger partial charge in [-0.1, -0.05) is 86.3 Å². The number of aromatic nitrogens is 2. The van der Waals surface area contributed by atoms with Gasteiger partial charge in [0.05, 0.1) is 37.5 Å². The van der Waals surface area contributed by atoms with Gasteiger partial charge in [0.1, 0.15) is 12.2 Å². The van der Waals surface area contributed by atoms with Crippen molar-refractivity contribution in [2.24, 2.45) is 0 Å². The van der Waals surface area contributed by atoms with Gasteiger partial charge in [-0.15, -0.1) is 0 Å². The molecule has 3 fully saturated rings. The molecule has 3 aromatic rings. The summed E-state index contributed by atoms with van der Waals surface area (Å²) in [5.41, 5.74) is 2.49. The Morgan fingerprint density at radius 2 is 1.22 bits per heavy atom. The van der Waals surface area contributed by atoms with E-state index in [9.17, 15) is 14.4 Å². The van der Waals surface area contributed by atoms with Crippen molar-refractivity contribution < 1.29 is 23.9 Å². The molecule has 3 N–H and O–H groups in total. The van der Waals surface area contributed by atoms with Crippen molar-refractivity contribution in [2.45, 2.75) is 114 Å². The molecule has 0 bridgehead atoms. The Morgan fingerprint density at radius 1 is 0.674 bits per heavy atom. The predicted molar refractivity (Wildman–Crippen MR) is 173 cm³/mol. The Labute approximate surface area is 270 Å². The summed E-state index contributed by atoms with van der Waals surface area (Å²) < 4.78 is 13.9. The van der Waals surface area contributed by atoms with Crippen LogP contribution in [-0.4, -0.2) is 57.8 Å². The number of ether oxygens (including phenoxy) is 2. The van der Waals surface area contributed by atoms with Crippen LogP contribution >= 0.6 is 0 Å². The number of amides is 3. The van der Waals surface area contributed by atoms with Crippen LogP contribution in [0.5, 0.6) is 0 Å². The lowest BCUT2D eigenvalue weighted by Crippen LogP contribution is -2.48. The zero-order valence-electron chi connectivity index (χ0n) is 26.4. The van der Waals surface area contributed by atoms with E-state index in [0.717, 1.165) is 75.3 Å². The largest absolute Gasteiger partial charge is 0.371 e. The summed E-state index contributed by atoms with van der Waals surface area (Å²) in [7, 11) is 0. The first-order valence-corrected chi connectivity index (χ1v) is 16.8. The lowest BCUT2D eigenvalue weighted by molar-refractivity contribution is -0.124. The van der Waals surface area contributed by atoms with Gasteiger partial charge in [-0.2, -0.15) is 5.10 Å². The highest BCUT2D eigenvalue weighted by Crippen LogP contribution is 2.25. The Morgan fingerprint density at radius 3 is 1.78 bits per heavy atom. The molecule has 46 heavy (non-hydrogen) atoms. The highest BCUT2D eigenvalue weighted by atomic mass is 16.5. The summed E-state index contributed by atoms with van der Waals surface area (Å²) in [4.78, 5) is 40.1. The van der Waals surface area contributed by atoms with E-state index in [0.29, 0.717) is 13.2 Å². The number of rotatable bonds is 13. The molecule has 10 heteroatoms. The van der Waals surface area contributed by atoms with Gasteiger partial charge >= 0.3 is 0 Å². The molecule has 0 aliphatic heterocycles. The van der Waals surface area contributed by atoms with Crippen LogP contribution < -0.4 is 16.0 Å². The van der Waals surface area contributed by atoms with Gasteiger partial charge in [0.15, 0.2) is 5.69 Å². The SMILES string of the molecule is O=C(Cn1nc(C(=O)NC2CC2)cc1C(=O)N[C@H]1CCCC[C@@H]1OCc1ccccc1)N[C@H]1CCCC[C@@H]1OCc1ccccc1. The van der Waals surface area contributed by atoms with E-state index in [-0.39, 0.29) is 66.0 Å². The van der Waals surface area contributed by atoms with Gasteiger partial charge in [0.25, 0.3) is 11.8 Å². The second-order valence-electron chi connectivity index (χ2n) is 12.8. The third-order valence-corrected chi connectivity index (χ3v) is 9.13. The summed E-state index contributed by atoms with van der Waals surface area (Å²) >= 11 is 0. The number of carbonyl (C=O) groups excluding carboxylic acids is 3. The molecule has 0 saturated heterocycles. The minimum Gasteiger partial charge on any atom is -0.371 e. The van der Waals surface area contributed by atoms with Crippen molar-refractivity contribution in [3.05, 3.63) is 89.2 Å². The van der Waals surface area contributed by atoms with E-state index >= 15 is 0 Å². The van der Waals surface area contributed by atoms with Crippen LogP contribution in [0.2, 0.25) is 0 Å². The first-order valence-electron chi connectivity index (χ1n) is 16.8. The molecule has 3 amide bonds. The number of nitrogens with zero attached hydrogens (tertiary/aromatic N) is 2. The third kappa shape index (κ3) is 8.82. The van der Waals surface area contributed by atoms with Gasteiger partial charge in [0, 0.05) is 12.1 Å². The Balaban J connectivity index is 1.12. The maximum Gasteiger partial charge on any atom is 0.272 e. The van der Waals surface area contributed by atoms with Crippen LogP contribution in [0.15, 0.2) is 66.7 Å². The average Bonchev–Trinajstić information content (AvgIpc) is 3.80. The first-order chi connectivity index (χ1) is 22.5. The Kier molecular flexibility index (Phi) is 10.8. The van der Waals surface area contributed by atoms with E-state index in [4.69, 9.17) is 9.47 Å². The smallest absolute Gasteiger partial charge is 0.272 e. The van der Waals surface area contributed by atoms with Crippen molar-refractivity contribution in [2.75, 3.05) is 0 Å². The first kappa shape index (κ1) is 31.9. The second kappa shape index (κ2) is 15.5. The summed E-state index contributed by atoms with van der Waals surface area (Å²) in [6, 6.07) is 21.3. The number of hydrogen-bond donors (Lipinski definition) is 3. The zero-order valence-corrected chi connectivity index (χ0v) is 26.4. The third-order valence-electron chi connectivity index (χ3n) is 9.13. The highest BCUT2D eigenvalue weighted by Gasteiger charge is 2.32. The van der Waals surface area contributed by atoms with Gasteiger partial charge in [-0.3, -0.25) is 14.4 Å². The van der Waals surface area contributed by atoms with Gasteiger partial charge in [-0.25, -0.2) is 4.68 Å². The quantitative estimate of drug-likeness (QED) is 0.253. The van der Waals surface area contributed by atoms with Crippen molar-refractivity contribution in [1.82, 2.24) is 25.7 Å². The predicted octanol–water partition coefficient (Wildman–Crippen LogP) is 4.68. The van der Waals surface area contributed by atoms with Crippen molar-refractivity contribution >= 4 is 17.7 Å². The number of benzene rings is 2. The second-order valence-corrected chi connectivity index (χ2v) is 12.8. The van der Waals surface area contributed by atoms with Crippen LogP contribution in [0, 0.1) is 0 Å². The monoisotopic (exact) mass is 627 g/mol. The molecule has 0 unspecified atom stereocenters. The zero-order chi connectivity index (χ0) is 31.7. The van der Waals surface area contributed by atoms with E-state index in [1.807, 2.05) is 60.7 Å². The maximum absolute atomic E-state index is 13.8. The fourth-order valence-corrected chi connectivity index (χ4v) is 6.43. The molecular weight excluding hydrogens is 582 g/mol. The van der Waals surface area contributed by atoms with Crippen LogP contribution in [0.4, 0.5) is 0 Å². The molecule has 1 aromatic heterocycles. The molecule has 10 nitrogen and oxygen atoms in total. The normalized spacial score (nSPS) is 23.0. The molecule has 3 saturated carbocycles. The van der Waals surface area contributed by atoms with E-state index < -0.39 is 0 Å². The minimum atomic E-state index is -0.368. The van der Waals surface area contributed by atoms with E-state index in [1.54, 1.807) is 0 Å². The maximum atomic E-state index is 13.8. The standard InChI is InChI=1S/C36H45N5O5/c42-34(38-28-15-7-9-17-32(28)45-23-25-11-3-1-4-12-25)22-41-31(21-30(40-41)35(43)37-27-19-20-27)36(44)39-29-16-8-10-18-33(29)46-24-26-13-5-2-6-14-26/h1-6,11-14,21,27-29,32-33H,7-10,15-20,22-24H2,(H,37,43)(H,38,42)(H,39,44)/t28-,29-,32-,33-/m0/s1.